The molecule has 1 aromatic carbocycles. The summed E-state index contributed by atoms with van der Waals surface area (Å²) in [6, 6.07) is 11.4. The van der Waals surface area contributed by atoms with Crippen LogP contribution in [0.5, 0.6) is 0 Å². The topological polar surface area (TPSA) is 94.9 Å². The van der Waals surface area contributed by atoms with Crippen LogP contribution in [0, 0.1) is 0 Å². The van der Waals surface area contributed by atoms with E-state index in [1.54, 1.807) is 24.3 Å². The number of ether oxygens (including phenoxy) is 1. The first-order chi connectivity index (χ1) is 13.7. The largest absolute Gasteiger partial charge is 0.445 e. The number of rotatable bonds is 4. The van der Waals surface area contributed by atoms with E-state index in [2.05, 4.69) is 10.3 Å². The summed E-state index contributed by atoms with van der Waals surface area (Å²) in [5.74, 6) is -0.129. The lowest BCUT2D eigenvalue weighted by atomic mass is 10.00. The third-order valence-corrected chi connectivity index (χ3v) is 4.47. The molecule has 1 fully saturated rings. The average Bonchev–Trinajstić information content (AvgIpc) is 2.70. The first kappa shape index (κ1) is 20.9. The standard InChI is InChI=1S/C19H20F3N3O4/c20-19(21,22)15-7-4-8-16(24-15)23-13-9-25(10-14(26)17(13)27)18(28)29-11-12-5-2-1-3-6-12/h1-8,13-14,17,26-27H,9-11H2,(H,23,24)/t13-,14-,17+/m0/s1. The number of anilines is 1. The van der Waals surface area contributed by atoms with E-state index in [4.69, 9.17) is 4.74 Å². The molecule has 3 rings (SSSR count). The third kappa shape index (κ3) is 5.36. The fourth-order valence-corrected chi connectivity index (χ4v) is 2.98. The maximum atomic E-state index is 12.8. The average molecular weight is 411 g/mol. The highest BCUT2D eigenvalue weighted by atomic mass is 19.4. The molecule has 0 unspecified atom stereocenters. The van der Waals surface area contributed by atoms with Crippen LogP contribution in [0.25, 0.3) is 0 Å². The second-order valence-electron chi connectivity index (χ2n) is 6.66. The van der Waals surface area contributed by atoms with Crippen molar-refractivity contribution >= 4 is 11.9 Å². The van der Waals surface area contributed by atoms with Gasteiger partial charge in [0.2, 0.25) is 0 Å². The van der Waals surface area contributed by atoms with E-state index in [0.29, 0.717) is 0 Å². The molecule has 2 heterocycles. The van der Waals surface area contributed by atoms with Crippen LogP contribution in [0.15, 0.2) is 48.5 Å². The van der Waals surface area contributed by atoms with Gasteiger partial charge in [0.15, 0.2) is 0 Å². The highest BCUT2D eigenvalue weighted by molar-refractivity contribution is 5.68. The number of amides is 1. The molecule has 0 bridgehead atoms. The van der Waals surface area contributed by atoms with Gasteiger partial charge in [0.25, 0.3) is 0 Å². The molecular weight excluding hydrogens is 391 g/mol. The van der Waals surface area contributed by atoms with Gasteiger partial charge in [0.1, 0.15) is 24.2 Å². The lowest BCUT2D eigenvalue weighted by Crippen LogP contribution is -2.59. The van der Waals surface area contributed by atoms with E-state index >= 15 is 0 Å². The number of aromatic nitrogens is 1. The van der Waals surface area contributed by atoms with Crippen LogP contribution in [0.1, 0.15) is 11.3 Å². The number of hydrogen-bond donors (Lipinski definition) is 3. The summed E-state index contributed by atoms with van der Waals surface area (Å²) in [6.45, 7) is -0.213. The van der Waals surface area contributed by atoms with E-state index in [9.17, 15) is 28.2 Å². The smallest absolute Gasteiger partial charge is 0.433 e. The van der Waals surface area contributed by atoms with E-state index < -0.39 is 36.2 Å². The van der Waals surface area contributed by atoms with Crippen molar-refractivity contribution in [2.45, 2.75) is 31.0 Å². The molecular formula is C19H20F3N3O4. The number of benzene rings is 1. The minimum atomic E-state index is -4.62. The van der Waals surface area contributed by atoms with Crippen LogP contribution in [0.3, 0.4) is 0 Å². The lowest BCUT2D eigenvalue weighted by Gasteiger charge is -2.39. The van der Waals surface area contributed by atoms with Crippen molar-refractivity contribution in [3.63, 3.8) is 0 Å². The Morgan fingerprint density at radius 1 is 1.14 bits per heavy atom. The number of carbonyl (C=O) groups excluding carboxylic acids is 1. The molecule has 1 aliphatic rings. The van der Waals surface area contributed by atoms with Crippen molar-refractivity contribution in [1.82, 2.24) is 9.88 Å². The van der Waals surface area contributed by atoms with Crippen molar-refractivity contribution in [2.75, 3.05) is 18.4 Å². The van der Waals surface area contributed by atoms with Crippen molar-refractivity contribution < 1.29 is 32.9 Å². The van der Waals surface area contributed by atoms with E-state index in [1.165, 1.54) is 17.0 Å². The Morgan fingerprint density at radius 2 is 1.86 bits per heavy atom. The molecule has 3 atom stereocenters. The first-order valence-electron chi connectivity index (χ1n) is 8.86. The Labute approximate surface area is 164 Å². The zero-order valence-electron chi connectivity index (χ0n) is 15.2. The van der Waals surface area contributed by atoms with Gasteiger partial charge in [-0.2, -0.15) is 13.2 Å². The molecule has 0 radical (unpaired) electrons. The van der Waals surface area contributed by atoms with Crippen molar-refractivity contribution in [3.05, 3.63) is 59.8 Å². The molecule has 10 heteroatoms. The van der Waals surface area contributed by atoms with Crippen LogP contribution in [-0.4, -0.2) is 57.5 Å². The normalized spacial score (nSPS) is 22.2. The summed E-state index contributed by atoms with van der Waals surface area (Å²) >= 11 is 0. The SMILES string of the molecule is O=C(OCc1ccccc1)N1C[C@H](Nc2cccc(C(F)(F)F)n2)[C@@H](O)[C@@H](O)C1. The zero-order chi connectivity index (χ0) is 21.0. The molecule has 1 aromatic heterocycles. The summed E-state index contributed by atoms with van der Waals surface area (Å²) in [5.41, 5.74) is -0.311. The van der Waals surface area contributed by atoms with Crippen molar-refractivity contribution in [1.29, 1.82) is 0 Å². The van der Waals surface area contributed by atoms with Crippen LogP contribution in [0.4, 0.5) is 23.8 Å². The molecule has 1 saturated heterocycles. The zero-order valence-corrected chi connectivity index (χ0v) is 15.2. The van der Waals surface area contributed by atoms with Crippen LogP contribution < -0.4 is 5.32 Å². The van der Waals surface area contributed by atoms with Crippen molar-refractivity contribution in [2.24, 2.45) is 0 Å². The number of aliphatic hydroxyl groups is 2. The highest BCUT2D eigenvalue weighted by Crippen LogP contribution is 2.28. The number of likely N-dealkylation sites (tertiary alicyclic amines) is 1. The second-order valence-corrected chi connectivity index (χ2v) is 6.66. The Morgan fingerprint density at radius 3 is 2.55 bits per heavy atom. The molecule has 1 amide bonds. The van der Waals surface area contributed by atoms with E-state index in [0.717, 1.165) is 11.6 Å². The summed E-state index contributed by atoms with van der Waals surface area (Å²) in [6.07, 6.45) is -7.92. The molecule has 3 N–H and O–H groups in total. The van der Waals surface area contributed by atoms with Gasteiger partial charge >= 0.3 is 12.3 Å². The van der Waals surface area contributed by atoms with Crippen LogP contribution in [-0.2, 0) is 17.5 Å². The van der Waals surface area contributed by atoms with Gasteiger partial charge in [-0.15, -0.1) is 0 Å². The number of aliphatic hydroxyl groups excluding tert-OH is 2. The number of pyridine rings is 1. The Bertz CT molecular complexity index is 835. The van der Waals surface area contributed by atoms with Gasteiger partial charge in [0, 0.05) is 6.54 Å². The molecule has 7 nitrogen and oxygen atoms in total. The minimum absolute atomic E-state index is 0.0299. The maximum absolute atomic E-state index is 12.8. The van der Waals surface area contributed by atoms with Crippen molar-refractivity contribution in [3.8, 4) is 0 Å². The quantitative estimate of drug-likeness (QED) is 0.715. The fraction of sp³-hybridized carbons (Fsp3) is 0.368. The molecule has 0 aliphatic carbocycles. The second kappa shape index (κ2) is 8.66. The third-order valence-electron chi connectivity index (χ3n) is 4.47. The summed E-state index contributed by atoms with van der Waals surface area (Å²) in [7, 11) is 0. The Balaban J connectivity index is 1.65. The first-order valence-corrected chi connectivity index (χ1v) is 8.86. The van der Waals surface area contributed by atoms with E-state index in [1.807, 2.05) is 6.07 Å². The van der Waals surface area contributed by atoms with Gasteiger partial charge in [-0.1, -0.05) is 36.4 Å². The number of nitrogens with one attached hydrogen (secondary N) is 1. The molecule has 0 saturated carbocycles. The van der Waals surface area contributed by atoms with E-state index in [-0.39, 0.29) is 25.5 Å². The maximum Gasteiger partial charge on any atom is 0.433 e. The number of nitrogens with zero attached hydrogens (tertiary/aromatic N) is 2. The number of halogens is 3. The predicted molar refractivity (Wildman–Crippen MR) is 96.9 cm³/mol. The Kier molecular flexibility index (Phi) is 6.23. The van der Waals surface area contributed by atoms with Gasteiger partial charge < -0.3 is 25.2 Å². The lowest BCUT2D eigenvalue weighted by molar-refractivity contribution is -0.141. The number of alkyl halides is 3. The molecule has 0 spiro atoms. The molecule has 29 heavy (non-hydrogen) atoms. The van der Waals surface area contributed by atoms with Gasteiger partial charge in [-0.25, -0.2) is 9.78 Å². The van der Waals surface area contributed by atoms with Crippen LogP contribution in [0.2, 0.25) is 0 Å². The Hall–Kier alpha value is -2.85. The number of carbonyl (C=O) groups is 1. The van der Waals surface area contributed by atoms with Gasteiger partial charge in [-0.3, -0.25) is 0 Å². The fourth-order valence-electron chi connectivity index (χ4n) is 2.98. The summed E-state index contributed by atoms with van der Waals surface area (Å²) < 4.78 is 43.7. The predicted octanol–water partition coefficient (Wildman–Crippen LogP) is 2.26. The van der Waals surface area contributed by atoms with Gasteiger partial charge in [-0.05, 0) is 17.7 Å². The molecule has 2 aromatic rings. The molecule has 156 valence electrons. The number of hydrogen-bond acceptors (Lipinski definition) is 6. The highest BCUT2D eigenvalue weighted by Gasteiger charge is 2.38. The van der Waals surface area contributed by atoms with Gasteiger partial charge in [0.05, 0.1) is 18.7 Å². The monoisotopic (exact) mass is 411 g/mol. The molecule has 1 aliphatic heterocycles. The minimum Gasteiger partial charge on any atom is -0.445 e. The number of piperidine rings is 1. The van der Waals surface area contributed by atoms with Crippen LogP contribution >= 0.6 is 0 Å². The summed E-state index contributed by atoms with van der Waals surface area (Å²) in [5, 5.41) is 22.9. The summed E-state index contributed by atoms with van der Waals surface area (Å²) in [4.78, 5) is 17.0. The number of β-amino-alcohol motifs (C(OH)–C–C–N with tert-alkyl or cyclic N) is 1.